The van der Waals surface area contributed by atoms with Crippen molar-refractivity contribution in [3.8, 4) is 0 Å². The molecule has 7 nitrogen and oxygen atoms in total. The molecule has 1 unspecified atom stereocenters. The molecule has 1 saturated heterocycles. The topological polar surface area (TPSA) is 73.3 Å². The van der Waals surface area contributed by atoms with Crippen LogP contribution in [0.2, 0.25) is 0 Å². The number of amides is 1. The van der Waals surface area contributed by atoms with Crippen LogP contribution >= 0.6 is 0 Å². The van der Waals surface area contributed by atoms with Crippen LogP contribution in [-0.2, 0) is 11.3 Å². The quantitative estimate of drug-likeness (QED) is 0.731. The SMILES string of the molecule is Cc1nccn1C1CCCN(C(=O)Cn2c(=O)oc3ccccc32)C1. The van der Waals surface area contributed by atoms with E-state index in [1.165, 1.54) is 4.57 Å². The standard InChI is InChI=1S/C18H20N4O3/c1-13-19-8-10-21(13)14-5-4-9-20(11-14)17(23)12-22-15-6-2-3-7-16(15)25-18(22)24/h2-3,6-8,10,14H,4-5,9,11-12H2,1H3. The number of carbonyl (C=O) groups excluding carboxylic acids is 1. The Morgan fingerprint density at radius 3 is 3.00 bits per heavy atom. The van der Waals surface area contributed by atoms with Gasteiger partial charge in [-0.05, 0) is 31.9 Å². The third-order valence-corrected chi connectivity index (χ3v) is 4.87. The normalized spacial score (nSPS) is 18.0. The number of carbonyl (C=O) groups is 1. The molecular weight excluding hydrogens is 320 g/mol. The van der Waals surface area contributed by atoms with Gasteiger partial charge in [0.2, 0.25) is 5.91 Å². The molecule has 4 rings (SSSR count). The van der Waals surface area contributed by atoms with E-state index in [1.54, 1.807) is 24.4 Å². The van der Waals surface area contributed by atoms with Gasteiger partial charge in [-0.25, -0.2) is 9.78 Å². The summed E-state index contributed by atoms with van der Waals surface area (Å²) in [5, 5.41) is 0. The summed E-state index contributed by atoms with van der Waals surface area (Å²) in [7, 11) is 0. The monoisotopic (exact) mass is 340 g/mol. The summed E-state index contributed by atoms with van der Waals surface area (Å²) in [6, 6.07) is 7.40. The molecule has 0 bridgehead atoms. The predicted octanol–water partition coefficient (Wildman–Crippen LogP) is 1.96. The number of likely N-dealkylation sites (tertiary alicyclic amines) is 1. The molecule has 1 atom stereocenters. The van der Waals surface area contributed by atoms with Crippen LogP contribution < -0.4 is 5.76 Å². The van der Waals surface area contributed by atoms with Crippen molar-refractivity contribution in [1.29, 1.82) is 0 Å². The minimum atomic E-state index is -0.492. The molecule has 0 aliphatic carbocycles. The van der Waals surface area contributed by atoms with Crippen molar-refractivity contribution in [2.75, 3.05) is 13.1 Å². The average molecular weight is 340 g/mol. The van der Waals surface area contributed by atoms with E-state index in [0.29, 0.717) is 24.2 Å². The van der Waals surface area contributed by atoms with E-state index in [0.717, 1.165) is 18.7 Å². The van der Waals surface area contributed by atoms with Gasteiger partial charge in [0.25, 0.3) is 0 Å². The van der Waals surface area contributed by atoms with Crippen LogP contribution in [0.4, 0.5) is 0 Å². The molecule has 3 aromatic rings. The lowest BCUT2D eigenvalue weighted by Crippen LogP contribution is -2.43. The molecule has 130 valence electrons. The number of benzene rings is 1. The molecule has 3 heterocycles. The smallest absolute Gasteiger partial charge is 0.408 e. The zero-order valence-corrected chi connectivity index (χ0v) is 14.1. The van der Waals surface area contributed by atoms with Gasteiger partial charge < -0.3 is 13.9 Å². The second kappa shape index (κ2) is 6.23. The predicted molar refractivity (Wildman–Crippen MR) is 92.3 cm³/mol. The number of piperidine rings is 1. The van der Waals surface area contributed by atoms with Crippen molar-refractivity contribution in [3.05, 3.63) is 53.0 Å². The maximum Gasteiger partial charge on any atom is 0.420 e. The molecule has 1 fully saturated rings. The van der Waals surface area contributed by atoms with Crippen LogP contribution in [0.25, 0.3) is 11.1 Å². The summed E-state index contributed by atoms with van der Waals surface area (Å²) in [4.78, 5) is 30.9. The number of aromatic nitrogens is 3. The number of para-hydroxylation sites is 2. The Labute approximate surface area is 144 Å². The fourth-order valence-electron chi connectivity index (χ4n) is 3.58. The van der Waals surface area contributed by atoms with Gasteiger partial charge in [0.1, 0.15) is 12.4 Å². The Hall–Kier alpha value is -2.83. The Balaban J connectivity index is 1.53. The van der Waals surface area contributed by atoms with Gasteiger partial charge in [-0.15, -0.1) is 0 Å². The lowest BCUT2D eigenvalue weighted by Gasteiger charge is -2.34. The lowest BCUT2D eigenvalue weighted by molar-refractivity contribution is -0.133. The third-order valence-electron chi connectivity index (χ3n) is 4.87. The summed E-state index contributed by atoms with van der Waals surface area (Å²) in [6.45, 7) is 3.33. The molecule has 0 radical (unpaired) electrons. The first-order valence-corrected chi connectivity index (χ1v) is 8.49. The number of hydrogen-bond donors (Lipinski definition) is 0. The summed E-state index contributed by atoms with van der Waals surface area (Å²) in [6.07, 6.45) is 5.71. The molecule has 1 amide bonds. The van der Waals surface area contributed by atoms with E-state index in [1.807, 2.05) is 24.1 Å². The Morgan fingerprint density at radius 2 is 2.20 bits per heavy atom. The van der Waals surface area contributed by atoms with Crippen molar-refractivity contribution in [2.45, 2.75) is 32.4 Å². The van der Waals surface area contributed by atoms with Crippen LogP contribution in [0.3, 0.4) is 0 Å². The fourth-order valence-corrected chi connectivity index (χ4v) is 3.58. The second-order valence-corrected chi connectivity index (χ2v) is 6.44. The average Bonchev–Trinajstić information content (AvgIpc) is 3.18. The van der Waals surface area contributed by atoms with Crippen LogP contribution in [0, 0.1) is 6.92 Å². The molecule has 1 aliphatic rings. The van der Waals surface area contributed by atoms with Gasteiger partial charge in [-0.1, -0.05) is 12.1 Å². The van der Waals surface area contributed by atoms with Gasteiger partial charge in [-0.3, -0.25) is 9.36 Å². The van der Waals surface area contributed by atoms with Gasteiger partial charge >= 0.3 is 5.76 Å². The van der Waals surface area contributed by atoms with Crippen LogP contribution in [-0.4, -0.2) is 38.0 Å². The minimum Gasteiger partial charge on any atom is -0.408 e. The van der Waals surface area contributed by atoms with Gasteiger partial charge in [-0.2, -0.15) is 0 Å². The largest absolute Gasteiger partial charge is 0.420 e. The Kier molecular flexibility index (Phi) is 3.91. The van der Waals surface area contributed by atoms with Gasteiger partial charge in [0.05, 0.1) is 11.6 Å². The van der Waals surface area contributed by atoms with E-state index in [-0.39, 0.29) is 18.5 Å². The first-order valence-electron chi connectivity index (χ1n) is 8.49. The number of aryl methyl sites for hydroxylation is 1. The second-order valence-electron chi connectivity index (χ2n) is 6.44. The zero-order chi connectivity index (χ0) is 17.4. The van der Waals surface area contributed by atoms with Crippen LogP contribution in [0.5, 0.6) is 0 Å². The van der Waals surface area contributed by atoms with E-state index < -0.39 is 5.76 Å². The Morgan fingerprint density at radius 1 is 1.36 bits per heavy atom. The highest BCUT2D eigenvalue weighted by atomic mass is 16.4. The van der Waals surface area contributed by atoms with E-state index in [2.05, 4.69) is 9.55 Å². The van der Waals surface area contributed by atoms with E-state index in [4.69, 9.17) is 4.42 Å². The maximum absolute atomic E-state index is 12.8. The zero-order valence-electron chi connectivity index (χ0n) is 14.1. The van der Waals surface area contributed by atoms with Gasteiger partial charge in [0.15, 0.2) is 5.58 Å². The van der Waals surface area contributed by atoms with Gasteiger partial charge in [0, 0.05) is 25.5 Å². The minimum absolute atomic E-state index is 0.00543. The highest BCUT2D eigenvalue weighted by molar-refractivity contribution is 5.79. The van der Waals surface area contributed by atoms with Crippen molar-refractivity contribution in [3.63, 3.8) is 0 Å². The molecule has 0 spiro atoms. The maximum atomic E-state index is 12.8. The van der Waals surface area contributed by atoms with Crippen molar-refractivity contribution in [1.82, 2.24) is 19.0 Å². The fraction of sp³-hybridized carbons (Fsp3) is 0.389. The molecule has 1 aromatic carbocycles. The third kappa shape index (κ3) is 2.86. The Bertz CT molecular complexity index is 968. The van der Waals surface area contributed by atoms with Crippen molar-refractivity contribution < 1.29 is 9.21 Å². The number of nitrogens with zero attached hydrogens (tertiary/aromatic N) is 4. The molecule has 0 N–H and O–H groups in total. The summed E-state index contributed by atoms with van der Waals surface area (Å²) in [5.41, 5.74) is 1.16. The first-order chi connectivity index (χ1) is 12.1. The molecular formula is C18H20N4O3. The van der Waals surface area contributed by atoms with E-state index in [9.17, 15) is 9.59 Å². The summed E-state index contributed by atoms with van der Waals surface area (Å²) >= 11 is 0. The molecule has 25 heavy (non-hydrogen) atoms. The van der Waals surface area contributed by atoms with Crippen LogP contribution in [0.15, 0.2) is 45.9 Å². The van der Waals surface area contributed by atoms with E-state index >= 15 is 0 Å². The molecule has 1 aliphatic heterocycles. The first kappa shape index (κ1) is 15.7. The summed E-state index contributed by atoms with van der Waals surface area (Å²) < 4.78 is 8.74. The lowest BCUT2D eigenvalue weighted by atomic mass is 10.1. The van der Waals surface area contributed by atoms with Crippen LogP contribution in [0.1, 0.15) is 24.7 Å². The highest BCUT2D eigenvalue weighted by Crippen LogP contribution is 2.23. The number of fused-ring (bicyclic) bond motifs is 1. The highest BCUT2D eigenvalue weighted by Gasteiger charge is 2.26. The molecule has 0 saturated carbocycles. The molecule has 7 heteroatoms. The number of imidazole rings is 1. The molecule has 2 aromatic heterocycles. The van der Waals surface area contributed by atoms with Crippen molar-refractivity contribution >= 4 is 17.0 Å². The summed E-state index contributed by atoms with van der Waals surface area (Å²) in [5.74, 6) is 0.404. The number of hydrogen-bond acceptors (Lipinski definition) is 4. The number of oxazole rings is 1. The van der Waals surface area contributed by atoms with Crippen molar-refractivity contribution in [2.24, 2.45) is 0 Å². The number of rotatable bonds is 3.